The van der Waals surface area contributed by atoms with Crippen molar-refractivity contribution in [2.75, 3.05) is 26.2 Å². The van der Waals surface area contributed by atoms with E-state index in [2.05, 4.69) is 41.0 Å². The van der Waals surface area contributed by atoms with Crippen molar-refractivity contribution >= 4 is 16.6 Å². The number of benzene rings is 3. The lowest BCUT2D eigenvalue weighted by Crippen LogP contribution is -2.77. The van der Waals surface area contributed by atoms with Crippen molar-refractivity contribution in [3.8, 4) is 5.75 Å². The van der Waals surface area contributed by atoms with E-state index in [9.17, 15) is 9.90 Å². The third-order valence-corrected chi connectivity index (χ3v) is 7.26. The van der Waals surface area contributed by atoms with E-state index in [1.165, 1.54) is 0 Å². The Hall–Kier alpha value is -2.69. The molecule has 4 aliphatic rings. The molecule has 4 saturated heterocycles. The normalized spacial score (nSPS) is 35.3. The first-order valence-electron chi connectivity index (χ1n) is 10.3. The molecule has 0 spiro atoms. The fourth-order valence-corrected chi connectivity index (χ4v) is 6.23. The van der Waals surface area contributed by atoms with Crippen LogP contribution in [0.5, 0.6) is 5.75 Å². The Morgan fingerprint density at radius 3 is 2.24 bits per heavy atom. The molecule has 2 unspecified atom stereocenters. The molecule has 4 nitrogen and oxygen atoms in total. The number of aromatic hydroxyl groups is 1. The minimum Gasteiger partial charge on any atom is -0.508 e. The Bertz CT molecular complexity index is 1120. The van der Waals surface area contributed by atoms with Gasteiger partial charge in [-0.15, -0.1) is 0 Å². The summed E-state index contributed by atoms with van der Waals surface area (Å²) in [5, 5.41) is 13.1. The number of hydrogen-bond acceptors (Lipinski definition) is 4. The molecule has 3 aromatic carbocycles. The van der Waals surface area contributed by atoms with Crippen LogP contribution in [0.25, 0.3) is 10.8 Å². The van der Waals surface area contributed by atoms with Gasteiger partial charge in [-0.25, -0.2) is 0 Å². The summed E-state index contributed by atoms with van der Waals surface area (Å²) in [5.41, 5.74) is 1.24. The average molecular weight is 384 g/mol. The minimum atomic E-state index is -0.483. The third-order valence-electron chi connectivity index (χ3n) is 7.26. The Morgan fingerprint density at radius 1 is 0.862 bits per heavy atom. The third kappa shape index (κ3) is 2.19. The van der Waals surface area contributed by atoms with Crippen LogP contribution in [0.2, 0.25) is 0 Å². The quantitative estimate of drug-likeness (QED) is 0.732. The molecule has 4 fully saturated rings. The van der Waals surface area contributed by atoms with Crippen LogP contribution in [0.3, 0.4) is 0 Å². The number of carbonyl (C=O) groups is 1. The van der Waals surface area contributed by atoms with Gasteiger partial charge in [0.05, 0.1) is 17.0 Å². The van der Waals surface area contributed by atoms with E-state index >= 15 is 0 Å². The molecule has 1 N–H and O–H groups in total. The molecule has 4 aliphatic heterocycles. The number of phenolic OH excluding ortho intramolecular Hbond substituents is 1. The van der Waals surface area contributed by atoms with Gasteiger partial charge in [-0.1, -0.05) is 67.6 Å². The van der Waals surface area contributed by atoms with Crippen LogP contribution in [-0.4, -0.2) is 46.9 Å². The van der Waals surface area contributed by atoms with Crippen LogP contribution in [-0.2, 0) is 10.2 Å². The van der Waals surface area contributed by atoms with E-state index in [4.69, 9.17) is 0 Å². The van der Waals surface area contributed by atoms with Gasteiger partial charge >= 0.3 is 0 Å². The molecule has 29 heavy (non-hydrogen) atoms. The fraction of sp³-hybridized carbons (Fsp3) is 0.320. The second-order valence-electron chi connectivity index (χ2n) is 9.24. The van der Waals surface area contributed by atoms with E-state index in [1.807, 2.05) is 42.5 Å². The highest BCUT2D eigenvalue weighted by Gasteiger charge is 2.64. The molecule has 4 heterocycles. The Labute approximate surface area is 170 Å². The molecule has 2 atom stereocenters. The maximum absolute atomic E-state index is 13.6. The summed E-state index contributed by atoms with van der Waals surface area (Å²) in [5.74, 6) is 0.718. The summed E-state index contributed by atoms with van der Waals surface area (Å²) in [6.45, 7) is 5.00. The van der Waals surface area contributed by atoms with E-state index in [-0.39, 0.29) is 11.6 Å². The monoisotopic (exact) mass is 384 g/mol. The summed E-state index contributed by atoms with van der Waals surface area (Å²) >= 11 is 0. The molecule has 146 valence electrons. The van der Waals surface area contributed by atoms with Crippen molar-refractivity contribution in [2.24, 2.45) is 5.41 Å². The second-order valence-corrected chi connectivity index (χ2v) is 9.24. The van der Waals surface area contributed by atoms with Gasteiger partial charge in [0.2, 0.25) is 0 Å². The number of phenols is 1. The molecule has 4 heteroatoms. The largest absolute Gasteiger partial charge is 0.508 e. The maximum Gasteiger partial charge on any atom is 0.154 e. The van der Waals surface area contributed by atoms with Gasteiger partial charge < -0.3 is 5.11 Å². The first kappa shape index (κ1) is 17.2. The Kier molecular flexibility index (Phi) is 3.37. The zero-order chi connectivity index (χ0) is 19.8. The minimum absolute atomic E-state index is 0.000822. The van der Waals surface area contributed by atoms with Crippen molar-refractivity contribution in [1.29, 1.82) is 0 Å². The first-order valence-corrected chi connectivity index (χ1v) is 10.3. The van der Waals surface area contributed by atoms with Gasteiger partial charge in [0.15, 0.2) is 5.78 Å². The van der Waals surface area contributed by atoms with Crippen molar-refractivity contribution in [2.45, 2.75) is 18.5 Å². The zero-order valence-corrected chi connectivity index (χ0v) is 16.5. The predicted octanol–water partition coefficient (Wildman–Crippen LogP) is 3.70. The lowest BCUT2D eigenvalue weighted by molar-refractivity contribution is -0.185. The summed E-state index contributed by atoms with van der Waals surface area (Å²) in [7, 11) is 0. The predicted molar refractivity (Wildman–Crippen MR) is 113 cm³/mol. The van der Waals surface area contributed by atoms with E-state index in [0.29, 0.717) is 24.6 Å². The number of fused-ring (bicyclic) bond motifs is 1. The molecule has 0 saturated carbocycles. The molecule has 4 bridgehead atoms. The molecule has 0 aromatic heterocycles. The SMILES string of the molecule is CC12CN3CC(c4ccccc4)(CN(C1)C3c1c(O)ccc3ccccc13)C2=O. The summed E-state index contributed by atoms with van der Waals surface area (Å²) in [6.07, 6.45) is -0.000822. The maximum atomic E-state index is 13.6. The fourth-order valence-electron chi connectivity index (χ4n) is 6.23. The molecular formula is C25H24N2O2. The van der Waals surface area contributed by atoms with Crippen LogP contribution >= 0.6 is 0 Å². The number of hydrogen-bond donors (Lipinski definition) is 1. The standard InChI is InChI=1S/C25H24N2O2/c1-24-13-26-15-25(23(24)29,18-8-3-2-4-9-18)16-27(14-24)22(26)21-19-10-6-5-7-17(19)11-12-20(21)28/h2-12,22,28H,13-16H2,1H3. The van der Waals surface area contributed by atoms with Gasteiger partial charge in [0.25, 0.3) is 0 Å². The second kappa shape index (κ2) is 5.68. The van der Waals surface area contributed by atoms with Crippen LogP contribution in [0.1, 0.15) is 24.2 Å². The van der Waals surface area contributed by atoms with Crippen molar-refractivity contribution < 1.29 is 9.90 Å². The van der Waals surface area contributed by atoms with Crippen LogP contribution in [0.4, 0.5) is 0 Å². The molecule has 0 amide bonds. The van der Waals surface area contributed by atoms with E-state index in [1.54, 1.807) is 0 Å². The average Bonchev–Trinajstić information content (AvgIpc) is 2.73. The number of rotatable bonds is 2. The Balaban J connectivity index is 1.52. The smallest absolute Gasteiger partial charge is 0.154 e. The van der Waals surface area contributed by atoms with Crippen LogP contribution in [0, 0.1) is 5.41 Å². The van der Waals surface area contributed by atoms with Gasteiger partial charge in [0, 0.05) is 31.7 Å². The molecule has 0 aliphatic carbocycles. The number of nitrogens with zero attached hydrogens (tertiary/aromatic N) is 2. The highest BCUT2D eigenvalue weighted by Crippen LogP contribution is 2.54. The molecule has 0 radical (unpaired) electrons. The summed E-state index contributed by atoms with van der Waals surface area (Å²) < 4.78 is 0. The number of piperidine rings is 2. The van der Waals surface area contributed by atoms with E-state index in [0.717, 1.165) is 35.0 Å². The lowest BCUT2D eigenvalue weighted by atomic mass is 9.58. The first-order chi connectivity index (χ1) is 14.0. The van der Waals surface area contributed by atoms with E-state index < -0.39 is 5.41 Å². The highest BCUT2D eigenvalue weighted by atomic mass is 16.3. The molecule has 3 aromatic rings. The van der Waals surface area contributed by atoms with Crippen molar-refractivity contribution in [3.63, 3.8) is 0 Å². The molecule has 7 rings (SSSR count). The number of carbonyl (C=O) groups excluding carboxylic acids is 1. The Morgan fingerprint density at radius 2 is 1.52 bits per heavy atom. The van der Waals surface area contributed by atoms with Crippen molar-refractivity contribution in [1.82, 2.24) is 9.80 Å². The molecular weight excluding hydrogens is 360 g/mol. The zero-order valence-electron chi connectivity index (χ0n) is 16.5. The van der Waals surface area contributed by atoms with Gasteiger partial charge in [-0.2, -0.15) is 0 Å². The number of Topliss-reactive ketones (excluding diaryl/α,β-unsaturated/α-hetero) is 1. The lowest BCUT2D eigenvalue weighted by Gasteiger charge is -2.65. The summed E-state index contributed by atoms with van der Waals surface area (Å²) in [6, 6.07) is 22.3. The van der Waals surface area contributed by atoms with Crippen LogP contribution < -0.4 is 0 Å². The van der Waals surface area contributed by atoms with Gasteiger partial charge in [0.1, 0.15) is 5.75 Å². The topological polar surface area (TPSA) is 43.8 Å². The van der Waals surface area contributed by atoms with Gasteiger partial charge in [-0.3, -0.25) is 14.6 Å². The van der Waals surface area contributed by atoms with Crippen LogP contribution in [0.15, 0.2) is 66.7 Å². The van der Waals surface area contributed by atoms with Crippen molar-refractivity contribution in [3.05, 3.63) is 77.9 Å². The highest BCUT2D eigenvalue weighted by molar-refractivity contribution is 5.98. The number of ketones is 1. The summed E-state index contributed by atoms with van der Waals surface area (Å²) in [4.78, 5) is 18.5. The van der Waals surface area contributed by atoms with Gasteiger partial charge in [-0.05, 0) is 22.4 Å².